The number of rotatable bonds is 2. The van der Waals surface area contributed by atoms with Gasteiger partial charge < -0.3 is 9.80 Å². The zero-order valence-corrected chi connectivity index (χ0v) is 14.5. The van der Waals surface area contributed by atoms with Gasteiger partial charge in [-0.2, -0.15) is 11.8 Å². The molecule has 1 atom stereocenters. The van der Waals surface area contributed by atoms with Crippen molar-refractivity contribution in [3.8, 4) is 0 Å². The molecule has 0 radical (unpaired) electrons. The van der Waals surface area contributed by atoms with Crippen LogP contribution < -0.4 is 4.90 Å². The van der Waals surface area contributed by atoms with Gasteiger partial charge in [-0.05, 0) is 49.6 Å². The molecule has 1 amide bonds. The normalized spacial score (nSPS) is 22.7. The summed E-state index contributed by atoms with van der Waals surface area (Å²) in [5.74, 6) is 2.92. The molecule has 0 bridgehead atoms. The van der Waals surface area contributed by atoms with Crippen LogP contribution in [0.15, 0.2) is 18.2 Å². The monoisotopic (exact) mass is 318 g/mol. The number of amides is 1. The van der Waals surface area contributed by atoms with Crippen molar-refractivity contribution in [1.82, 2.24) is 4.90 Å². The first kappa shape index (κ1) is 15.7. The Balaban J connectivity index is 1.60. The predicted octanol–water partition coefficient (Wildman–Crippen LogP) is 3.10. The maximum Gasteiger partial charge on any atom is 0.226 e. The van der Waals surface area contributed by atoms with Gasteiger partial charge in [-0.3, -0.25) is 4.79 Å². The average Bonchev–Trinajstić information content (AvgIpc) is 2.58. The fourth-order valence-electron chi connectivity index (χ4n) is 3.44. The van der Waals surface area contributed by atoms with Crippen LogP contribution in [0.2, 0.25) is 0 Å². The van der Waals surface area contributed by atoms with Gasteiger partial charge in [0.2, 0.25) is 5.91 Å². The number of anilines is 1. The molecule has 2 saturated heterocycles. The minimum absolute atomic E-state index is 0.269. The molecule has 2 aliphatic rings. The summed E-state index contributed by atoms with van der Waals surface area (Å²) in [4.78, 5) is 17.1. The van der Waals surface area contributed by atoms with E-state index in [1.807, 2.05) is 11.8 Å². The Morgan fingerprint density at radius 1 is 1.18 bits per heavy atom. The molecule has 1 aromatic rings. The van der Waals surface area contributed by atoms with E-state index in [9.17, 15) is 4.79 Å². The Morgan fingerprint density at radius 2 is 1.95 bits per heavy atom. The smallest absolute Gasteiger partial charge is 0.226 e. The molecule has 1 aromatic carbocycles. The number of nitrogens with zero attached hydrogens (tertiary/aromatic N) is 2. The highest BCUT2D eigenvalue weighted by molar-refractivity contribution is 7.99. The van der Waals surface area contributed by atoms with Crippen molar-refractivity contribution in [1.29, 1.82) is 0 Å². The third-order valence-corrected chi connectivity index (χ3v) is 6.23. The van der Waals surface area contributed by atoms with Gasteiger partial charge in [-0.25, -0.2) is 0 Å². The molecule has 1 unspecified atom stereocenters. The Morgan fingerprint density at radius 3 is 2.64 bits per heavy atom. The van der Waals surface area contributed by atoms with Crippen LogP contribution >= 0.6 is 11.8 Å². The van der Waals surface area contributed by atoms with Gasteiger partial charge in [0.05, 0.1) is 0 Å². The maximum absolute atomic E-state index is 12.6. The predicted molar refractivity (Wildman–Crippen MR) is 94.8 cm³/mol. The number of hydrogen-bond donors (Lipinski definition) is 0. The molecular weight excluding hydrogens is 292 g/mol. The third-order valence-electron chi connectivity index (χ3n) is 5.02. The molecule has 2 aliphatic heterocycles. The maximum atomic E-state index is 12.6. The molecule has 2 fully saturated rings. The summed E-state index contributed by atoms with van der Waals surface area (Å²) in [5.41, 5.74) is 4.04. The summed E-state index contributed by atoms with van der Waals surface area (Å²) in [5, 5.41) is 0. The Labute approximate surface area is 138 Å². The summed E-state index contributed by atoms with van der Waals surface area (Å²) in [6, 6.07) is 6.51. The van der Waals surface area contributed by atoms with Gasteiger partial charge in [0.25, 0.3) is 0 Å². The molecule has 0 saturated carbocycles. The SMILES string of the molecule is Cc1cccc(N2CCN(C(=O)C3CCCSC3)CC2)c1C. The Kier molecular flexibility index (Phi) is 4.97. The second-order valence-corrected chi connectivity index (χ2v) is 7.60. The molecule has 4 heteroatoms. The Hall–Kier alpha value is -1.16. The second-order valence-electron chi connectivity index (χ2n) is 6.45. The van der Waals surface area contributed by atoms with Gasteiger partial charge in [-0.15, -0.1) is 0 Å². The fraction of sp³-hybridized carbons (Fsp3) is 0.611. The van der Waals surface area contributed by atoms with Crippen LogP contribution in [0.25, 0.3) is 0 Å². The van der Waals surface area contributed by atoms with Crippen LogP contribution in [0.1, 0.15) is 24.0 Å². The lowest BCUT2D eigenvalue weighted by atomic mass is 10.0. The van der Waals surface area contributed by atoms with Crippen LogP contribution in [-0.2, 0) is 4.79 Å². The van der Waals surface area contributed by atoms with Crippen molar-refractivity contribution in [2.45, 2.75) is 26.7 Å². The van der Waals surface area contributed by atoms with Crippen molar-refractivity contribution in [2.24, 2.45) is 5.92 Å². The zero-order chi connectivity index (χ0) is 15.5. The number of carbonyl (C=O) groups is 1. The van der Waals surface area contributed by atoms with Gasteiger partial charge >= 0.3 is 0 Å². The fourth-order valence-corrected chi connectivity index (χ4v) is 4.57. The lowest BCUT2D eigenvalue weighted by molar-refractivity contribution is -0.135. The number of thioether (sulfide) groups is 1. The van der Waals surface area contributed by atoms with E-state index >= 15 is 0 Å². The second kappa shape index (κ2) is 6.95. The standard InChI is InChI=1S/C18H26N2OS/c1-14-5-3-7-17(15(14)2)19-8-10-20(11-9-19)18(21)16-6-4-12-22-13-16/h3,5,7,16H,4,6,8-13H2,1-2H3. The van der Waals surface area contributed by atoms with E-state index in [0.29, 0.717) is 5.91 Å². The molecule has 0 aliphatic carbocycles. The highest BCUT2D eigenvalue weighted by atomic mass is 32.2. The van der Waals surface area contributed by atoms with Gasteiger partial charge in [0.15, 0.2) is 0 Å². The van der Waals surface area contributed by atoms with Gasteiger partial charge in [0.1, 0.15) is 0 Å². The average molecular weight is 318 g/mol. The first-order valence-electron chi connectivity index (χ1n) is 8.34. The highest BCUT2D eigenvalue weighted by Crippen LogP contribution is 2.27. The third kappa shape index (κ3) is 3.27. The number of carbonyl (C=O) groups excluding carboxylic acids is 1. The first-order chi connectivity index (χ1) is 10.7. The summed E-state index contributed by atoms with van der Waals surface area (Å²) < 4.78 is 0. The van der Waals surface area contributed by atoms with Crippen molar-refractivity contribution < 1.29 is 4.79 Å². The minimum Gasteiger partial charge on any atom is -0.368 e. The van der Waals surface area contributed by atoms with E-state index in [0.717, 1.165) is 38.4 Å². The number of piperazine rings is 1. The van der Waals surface area contributed by atoms with Crippen LogP contribution in [0.3, 0.4) is 0 Å². The molecule has 3 nitrogen and oxygen atoms in total. The molecule has 2 heterocycles. The highest BCUT2D eigenvalue weighted by Gasteiger charge is 2.29. The van der Waals surface area contributed by atoms with Crippen molar-refractivity contribution in [3.63, 3.8) is 0 Å². The van der Waals surface area contributed by atoms with E-state index in [2.05, 4.69) is 41.8 Å². The van der Waals surface area contributed by atoms with Crippen molar-refractivity contribution in [2.75, 3.05) is 42.6 Å². The van der Waals surface area contributed by atoms with Crippen molar-refractivity contribution in [3.05, 3.63) is 29.3 Å². The van der Waals surface area contributed by atoms with E-state index in [-0.39, 0.29) is 5.92 Å². The summed E-state index contributed by atoms with van der Waals surface area (Å²) in [6.07, 6.45) is 2.28. The summed E-state index contributed by atoms with van der Waals surface area (Å²) in [7, 11) is 0. The van der Waals surface area contributed by atoms with Crippen LogP contribution in [0, 0.1) is 19.8 Å². The van der Waals surface area contributed by atoms with Gasteiger partial charge in [-0.1, -0.05) is 12.1 Å². The zero-order valence-electron chi connectivity index (χ0n) is 13.7. The molecule has 120 valence electrons. The Bertz CT molecular complexity index is 532. The summed E-state index contributed by atoms with van der Waals surface area (Å²) >= 11 is 1.94. The van der Waals surface area contributed by atoms with E-state index in [1.165, 1.54) is 29.0 Å². The largest absolute Gasteiger partial charge is 0.368 e. The first-order valence-corrected chi connectivity index (χ1v) is 9.50. The number of benzene rings is 1. The topological polar surface area (TPSA) is 23.6 Å². The molecule has 0 N–H and O–H groups in total. The molecule has 22 heavy (non-hydrogen) atoms. The number of aryl methyl sites for hydroxylation is 1. The van der Waals surface area contributed by atoms with E-state index in [1.54, 1.807) is 0 Å². The summed E-state index contributed by atoms with van der Waals surface area (Å²) in [6.45, 7) is 8.01. The molecule has 0 spiro atoms. The molecule has 3 rings (SSSR count). The number of hydrogen-bond acceptors (Lipinski definition) is 3. The van der Waals surface area contributed by atoms with Crippen LogP contribution in [0.5, 0.6) is 0 Å². The van der Waals surface area contributed by atoms with Crippen LogP contribution in [0.4, 0.5) is 5.69 Å². The van der Waals surface area contributed by atoms with Crippen molar-refractivity contribution >= 4 is 23.4 Å². The van der Waals surface area contributed by atoms with Gasteiger partial charge in [0, 0.05) is 43.5 Å². The minimum atomic E-state index is 0.269. The molecule has 0 aromatic heterocycles. The lowest BCUT2D eigenvalue weighted by Gasteiger charge is -2.38. The van der Waals surface area contributed by atoms with E-state index in [4.69, 9.17) is 0 Å². The molecular formula is C18H26N2OS. The lowest BCUT2D eigenvalue weighted by Crippen LogP contribution is -2.51. The van der Waals surface area contributed by atoms with E-state index < -0.39 is 0 Å². The van der Waals surface area contributed by atoms with Crippen LogP contribution in [-0.4, -0.2) is 48.5 Å². The quantitative estimate of drug-likeness (QED) is 0.837.